The molecule has 0 radical (unpaired) electrons. The van der Waals surface area contributed by atoms with Crippen molar-refractivity contribution >= 4 is 17.7 Å². The van der Waals surface area contributed by atoms with Crippen LogP contribution in [0.1, 0.15) is 50.8 Å². The first-order valence-electron chi connectivity index (χ1n) is 9.41. The quantitative estimate of drug-likeness (QED) is 0.764. The van der Waals surface area contributed by atoms with Crippen LogP contribution < -0.4 is 5.32 Å². The van der Waals surface area contributed by atoms with E-state index in [-0.39, 0.29) is 42.0 Å². The Labute approximate surface area is 162 Å². The highest BCUT2D eigenvalue weighted by molar-refractivity contribution is 6.22. The van der Waals surface area contributed by atoms with E-state index in [9.17, 15) is 14.4 Å². The van der Waals surface area contributed by atoms with Crippen LogP contribution in [0.15, 0.2) is 36.9 Å². The van der Waals surface area contributed by atoms with Gasteiger partial charge in [0.15, 0.2) is 0 Å². The lowest BCUT2D eigenvalue weighted by Gasteiger charge is -2.17. The summed E-state index contributed by atoms with van der Waals surface area (Å²) in [5.74, 6) is -0.971. The van der Waals surface area contributed by atoms with E-state index in [1.165, 1.54) is 11.0 Å². The predicted octanol–water partition coefficient (Wildman–Crippen LogP) is 1.48. The molecule has 3 amide bonds. The normalized spacial score (nSPS) is 19.8. The van der Waals surface area contributed by atoms with Gasteiger partial charge in [-0.2, -0.15) is 0 Å². The van der Waals surface area contributed by atoms with E-state index in [0.717, 1.165) is 12.8 Å². The molecule has 0 spiro atoms. The van der Waals surface area contributed by atoms with Crippen LogP contribution >= 0.6 is 0 Å². The Hall–Kier alpha value is -3.00. The summed E-state index contributed by atoms with van der Waals surface area (Å²) < 4.78 is 7.42. The lowest BCUT2D eigenvalue weighted by atomic mass is 10.1. The maximum atomic E-state index is 12.7. The molecule has 1 saturated heterocycles. The number of hydrogen-bond donors (Lipinski definition) is 1. The van der Waals surface area contributed by atoms with Gasteiger partial charge in [0.05, 0.1) is 30.1 Å². The molecule has 1 aromatic heterocycles. The number of carbonyl (C=O) groups is 3. The van der Waals surface area contributed by atoms with Crippen molar-refractivity contribution < 1.29 is 19.1 Å². The summed E-state index contributed by atoms with van der Waals surface area (Å²) in [5.41, 5.74) is 0.972. The van der Waals surface area contributed by atoms with Gasteiger partial charge in [-0.05, 0) is 38.0 Å². The van der Waals surface area contributed by atoms with E-state index in [1.807, 2.05) is 17.7 Å². The van der Waals surface area contributed by atoms with Crippen molar-refractivity contribution in [1.29, 1.82) is 0 Å². The molecule has 3 heterocycles. The molecule has 1 fully saturated rings. The molecule has 0 aliphatic carbocycles. The number of carbonyl (C=O) groups excluding carboxylic acids is 3. The average molecular weight is 382 g/mol. The molecule has 28 heavy (non-hydrogen) atoms. The maximum absolute atomic E-state index is 12.7. The Balaban J connectivity index is 1.45. The fourth-order valence-corrected chi connectivity index (χ4v) is 3.65. The molecular weight excluding hydrogens is 360 g/mol. The number of nitrogens with one attached hydrogen (secondary N) is 1. The molecule has 2 atom stereocenters. The average Bonchev–Trinajstić information content (AvgIpc) is 3.41. The third-order valence-corrected chi connectivity index (χ3v) is 5.06. The van der Waals surface area contributed by atoms with Crippen molar-refractivity contribution in [2.24, 2.45) is 0 Å². The second-order valence-corrected chi connectivity index (χ2v) is 7.25. The molecule has 146 valence electrons. The van der Waals surface area contributed by atoms with Crippen LogP contribution in [-0.4, -0.2) is 57.5 Å². The van der Waals surface area contributed by atoms with Gasteiger partial charge >= 0.3 is 0 Å². The third-order valence-electron chi connectivity index (χ3n) is 5.06. The van der Waals surface area contributed by atoms with Gasteiger partial charge in [0.1, 0.15) is 0 Å². The number of nitrogens with zero attached hydrogens (tertiary/aromatic N) is 3. The Bertz CT molecular complexity index is 903. The molecule has 2 aliphatic rings. The number of ether oxygens (including phenoxy) is 1. The number of imidazole rings is 1. The van der Waals surface area contributed by atoms with Gasteiger partial charge in [-0.25, -0.2) is 4.98 Å². The van der Waals surface area contributed by atoms with E-state index >= 15 is 0 Å². The Morgan fingerprint density at radius 2 is 2.14 bits per heavy atom. The molecule has 8 heteroatoms. The number of rotatable bonds is 6. The summed E-state index contributed by atoms with van der Waals surface area (Å²) in [6, 6.07) is 4.52. The number of amides is 3. The van der Waals surface area contributed by atoms with Crippen LogP contribution in [-0.2, 0) is 11.3 Å². The van der Waals surface area contributed by atoms with Crippen LogP contribution in [0.2, 0.25) is 0 Å². The zero-order valence-corrected chi connectivity index (χ0v) is 15.6. The molecule has 2 aliphatic heterocycles. The second-order valence-electron chi connectivity index (χ2n) is 7.25. The summed E-state index contributed by atoms with van der Waals surface area (Å²) in [6.45, 7) is 3.40. The van der Waals surface area contributed by atoms with Crippen molar-refractivity contribution in [1.82, 2.24) is 19.8 Å². The van der Waals surface area contributed by atoms with Crippen LogP contribution in [0.5, 0.6) is 0 Å². The topological polar surface area (TPSA) is 93.5 Å². The van der Waals surface area contributed by atoms with Crippen LogP contribution in [0, 0.1) is 0 Å². The van der Waals surface area contributed by atoms with Gasteiger partial charge < -0.3 is 14.6 Å². The molecule has 1 aromatic carbocycles. The monoisotopic (exact) mass is 382 g/mol. The molecular formula is C20H22N4O4. The van der Waals surface area contributed by atoms with E-state index in [2.05, 4.69) is 10.3 Å². The molecule has 8 nitrogen and oxygen atoms in total. The Kier molecular flexibility index (Phi) is 4.95. The predicted molar refractivity (Wildman–Crippen MR) is 99.9 cm³/mol. The number of aromatic nitrogens is 2. The first kappa shape index (κ1) is 18.4. The molecule has 4 rings (SSSR count). The van der Waals surface area contributed by atoms with Gasteiger partial charge in [-0.3, -0.25) is 19.3 Å². The number of benzene rings is 1. The summed E-state index contributed by atoms with van der Waals surface area (Å²) in [4.78, 5) is 43.1. The summed E-state index contributed by atoms with van der Waals surface area (Å²) >= 11 is 0. The SMILES string of the molecule is CC(Cn1ccnc1)NC(=O)c1ccc2c(c1)C(=O)N(CC1CCCO1)C2=O. The lowest BCUT2D eigenvalue weighted by molar-refractivity contribution is 0.0475. The summed E-state index contributed by atoms with van der Waals surface area (Å²) in [6.07, 6.45) is 6.87. The lowest BCUT2D eigenvalue weighted by Crippen LogP contribution is -2.36. The third kappa shape index (κ3) is 3.55. The van der Waals surface area contributed by atoms with Crippen molar-refractivity contribution in [3.05, 3.63) is 53.6 Å². The van der Waals surface area contributed by atoms with Crippen LogP contribution in [0.25, 0.3) is 0 Å². The van der Waals surface area contributed by atoms with Gasteiger partial charge in [-0.15, -0.1) is 0 Å². The van der Waals surface area contributed by atoms with Crippen LogP contribution in [0.3, 0.4) is 0 Å². The molecule has 0 saturated carbocycles. The van der Waals surface area contributed by atoms with E-state index < -0.39 is 0 Å². The molecule has 0 bridgehead atoms. The molecule has 1 N–H and O–H groups in total. The van der Waals surface area contributed by atoms with Crippen LogP contribution in [0.4, 0.5) is 0 Å². The Morgan fingerprint density at radius 3 is 2.86 bits per heavy atom. The summed E-state index contributed by atoms with van der Waals surface area (Å²) in [7, 11) is 0. The van der Waals surface area contributed by atoms with Gasteiger partial charge in [-0.1, -0.05) is 0 Å². The van der Waals surface area contributed by atoms with Crippen molar-refractivity contribution in [2.45, 2.75) is 38.5 Å². The maximum Gasteiger partial charge on any atom is 0.261 e. The zero-order valence-electron chi connectivity index (χ0n) is 15.6. The largest absolute Gasteiger partial charge is 0.376 e. The van der Waals surface area contributed by atoms with Crippen molar-refractivity contribution in [3.63, 3.8) is 0 Å². The minimum atomic E-state index is -0.364. The first-order chi connectivity index (χ1) is 13.5. The second kappa shape index (κ2) is 7.55. The zero-order chi connectivity index (χ0) is 19.7. The minimum Gasteiger partial charge on any atom is -0.376 e. The smallest absolute Gasteiger partial charge is 0.261 e. The standard InChI is InChI=1S/C20H22N4O4/c1-13(10-23-7-6-21-12-23)22-18(25)14-4-5-16-17(9-14)20(27)24(19(16)26)11-15-3-2-8-28-15/h4-7,9,12-13,15H,2-3,8,10-11H2,1H3,(H,22,25). The fourth-order valence-electron chi connectivity index (χ4n) is 3.65. The van der Waals surface area contributed by atoms with Gasteiger partial charge in [0, 0.05) is 37.2 Å². The van der Waals surface area contributed by atoms with E-state index in [4.69, 9.17) is 4.74 Å². The number of hydrogen-bond acceptors (Lipinski definition) is 5. The van der Waals surface area contributed by atoms with E-state index in [1.54, 1.807) is 24.7 Å². The van der Waals surface area contributed by atoms with Gasteiger partial charge in [0.2, 0.25) is 0 Å². The van der Waals surface area contributed by atoms with E-state index in [0.29, 0.717) is 24.3 Å². The minimum absolute atomic E-state index is 0.103. The van der Waals surface area contributed by atoms with Crippen molar-refractivity contribution in [2.75, 3.05) is 13.2 Å². The van der Waals surface area contributed by atoms with Crippen molar-refractivity contribution in [3.8, 4) is 0 Å². The Morgan fingerprint density at radius 1 is 1.32 bits per heavy atom. The number of imide groups is 1. The highest BCUT2D eigenvalue weighted by Crippen LogP contribution is 2.26. The van der Waals surface area contributed by atoms with Gasteiger partial charge in [0.25, 0.3) is 17.7 Å². The number of fused-ring (bicyclic) bond motifs is 1. The summed E-state index contributed by atoms with van der Waals surface area (Å²) in [5, 5.41) is 2.90. The highest BCUT2D eigenvalue weighted by Gasteiger charge is 2.38. The highest BCUT2D eigenvalue weighted by atomic mass is 16.5. The fraction of sp³-hybridized carbons (Fsp3) is 0.400. The first-order valence-corrected chi connectivity index (χ1v) is 9.41. The molecule has 2 unspecified atom stereocenters. The molecule has 2 aromatic rings.